The van der Waals surface area contributed by atoms with Gasteiger partial charge in [-0.25, -0.2) is 0 Å². The standard InChI is InChI=1S/C29H27F3N4O4S/c1-38-23-8-3-5-19(15-23)16-26-33-28(41-34-26)40-25-17-20(9-10-24(25)39-2)27(37)36-13-11-35(12-14-36)22-7-4-6-21(18-22)29(30,31)32/h3-10,15,17-18H,11-14,16H2,1-2H3. The second-order valence-electron chi connectivity index (χ2n) is 9.30. The maximum absolute atomic E-state index is 13.3. The Morgan fingerprint density at radius 3 is 2.44 bits per heavy atom. The van der Waals surface area contributed by atoms with E-state index in [2.05, 4.69) is 9.36 Å². The van der Waals surface area contributed by atoms with Gasteiger partial charge in [0.1, 0.15) is 5.75 Å². The number of halogens is 3. The van der Waals surface area contributed by atoms with Gasteiger partial charge in [-0.05, 0) is 54.1 Å². The fourth-order valence-corrected chi connectivity index (χ4v) is 5.09. The normalized spacial score (nSPS) is 13.7. The molecule has 1 aromatic heterocycles. The minimum atomic E-state index is -4.41. The zero-order chi connectivity index (χ0) is 29.0. The van der Waals surface area contributed by atoms with Crippen molar-refractivity contribution < 1.29 is 32.2 Å². The molecule has 4 aromatic rings. The number of benzene rings is 3. The summed E-state index contributed by atoms with van der Waals surface area (Å²) >= 11 is 1.09. The third kappa shape index (κ3) is 6.71. The van der Waals surface area contributed by atoms with Crippen molar-refractivity contribution >= 4 is 23.1 Å². The molecule has 0 atom stereocenters. The smallest absolute Gasteiger partial charge is 0.416 e. The summed E-state index contributed by atoms with van der Waals surface area (Å²) in [7, 11) is 3.12. The third-order valence-corrected chi connectivity index (χ3v) is 7.29. The zero-order valence-electron chi connectivity index (χ0n) is 22.4. The van der Waals surface area contributed by atoms with E-state index in [1.54, 1.807) is 36.3 Å². The van der Waals surface area contributed by atoms with Crippen LogP contribution in [0.1, 0.15) is 27.3 Å². The molecule has 5 rings (SSSR count). The summed E-state index contributed by atoms with van der Waals surface area (Å²) in [5.41, 5.74) is 1.18. The lowest BCUT2D eigenvalue weighted by Gasteiger charge is -2.36. The van der Waals surface area contributed by atoms with Crippen LogP contribution < -0.4 is 19.1 Å². The SMILES string of the molecule is COc1cccc(Cc2nsc(Oc3cc(C(=O)N4CCN(c5cccc(C(F)(F)F)c5)CC4)ccc3OC)n2)c1. The summed E-state index contributed by atoms with van der Waals surface area (Å²) in [6, 6.07) is 17.8. The van der Waals surface area contributed by atoms with Crippen LogP contribution in [0.2, 0.25) is 0 Å². The Morgan fingerprint density at radius 1 is 0.927 bits per heavy atom. The quantitative estimate of drug-likeness (QED) is 0.255. The lowest BCUT2D eigenvalue weighted by molar-refractivity contribution is -0.137. The van der Waals surface area contributed by atoms with Gasteiger partial charge in [-0.2, -0.15) is 22.5 Å². The van der Waals surface area contributed by atoms with Crippen LogP contribution in [0, 0.1) is 0 Å². The lowest BCUT2D eigenvalue weighted by Crippen LogP contribution is -2.48. The van der Waals surface area contributed by atoms with Crippen LogP contribution in [-0.4, -0.2) is 60.6 Å². The summed E-state index contributed by atoms with van der Waals surface area (Å²) < 4.78 is 60.4. The van der Waals surface area contributed by atoms with Crippen LogP contribution in [-0.2, 0) is 12.6 Å². The molecule has 12 heteroatoms. The summed E-state index contributed by atoms with van der Waals surface area (Å²) in [5.74, 6) is 1.88. The maximum Gasteiger partial charge on any atom is 0.416 e. The van der Waals surface area contributed by atoms with Gasteiger partial charge in [-0.3, -0.25) is 4.79 Å². The Bertz CT molecular complexity index is 1520. The number of methoxy groups -OCH3 is 2. The van der Waals surface area contributed by atoms with Gasteiger partial charge in [-0.15, -0.1) is 0 Å². The molecule has 1 saturated heterocycles. The Balaban J connectivity index is 1.24. The van der Waals surface area contributed by atoms with Gasteiger partial charge in [0, 0.05) is 55.4 Å². The van der Waals surface area contributed by atoms with Crippen LogP contribution in [0.25, 0.3) is 0 Å². The van der Waals surface area contributed by atoms with Crippen molar-refractivity contribution in [3.8, 4) is 22.4 Å². The van der Waals surface area contributed by atoms with E-state index >= 15 is 0 Å². The van der Waals surface area contributed by atoms with Gasteiger partial charge in [0.15, 0.2) is 17.3 Å². The minimum Gasteiger partial charge on any atom is -0.497 e. The number of anilines is 1. The molecule has 41 heavy (non-hydrogen) atoms. The van der Waals surface area contributed by atoms with E-state index in [-0.39, 0.29) is 5.91 Å². The van der Waals surface area contributed by atoms with Gasteiger partial charge in [0.25, 0.3) is 11.1 Å². The molecule has 0 N–H and O–H groups in total. The summed E-state index contributed by atoms with van der Waals surface area (Å²) in [4.78, 5) is 21.3. The first-order chi connectivity index (χ1) is 19.7. The second kappa shape index (κ2) is 12.0. The average molecular weight is 585 g/mol. The molecule has 0 radical (unpaired) electrons. The number of nitrogens with zero attached hydrogens (tertiary/aromatic N) is 4. The minimum absolute atomic E-state index is 0.211. The largest absolute Gasteiger partial charge is 0.497 e. The van der Waals surface area contributed by atoms with E-state index in [0.29, 0.717) is 66.4 Å². The molecule has 214 valence electrons. The van der Waals surface area contributed by atoms with Crippen molar-refractivity contribution in [1.82, 2.24) is 14.3 Å². The Morgan fingerprint density at radius 2 is 1.71 bits per heavy atom. The molecule has 8 nitrogen and oxygen atoms in total. The van der Waals surface area contributed by atoms with Gasteiger partial charge >= 0.3 is 6.18 Å². The number of piperazine rings is 1. The van der Waals surface area contributed by atoms with Crippen molar-refractivity contribution in [3.05, 3.63) is 89.2 Å². The Hall–Kier alpha value is -4.32. The number of aromatic nitrogens is 2. The van der Waals surface area contributed by atoms with E-state index in [9.17, 15) is 18.0 Å². The zero-order valence-corrected chi connectivity index (χ0v) is 23.2. The summed E-state index contributed by atoms with van der Waals surface area (Å²) in [6.45, 7) is 1.55. The van der Waals surface area contributed by atoms with Gasteiger partial charge in [-0.1, -0.05) is 18.2 Å². The van der Waals surface area contributed by atoms with E-state index in [1.165, 1.54) is 13.2 Å². The first-order valence-corrected chi connectivity index (χ1v) is 13.5. The van der Waals surface area contributed by atoms with Crippen LogP contribution >= 0.6 is 11.5 Å². The number of amides is 1. The molecular formula is C29H27F3N4O4S. The Labute approximate surface area is 239 Å². The number of hydrogen-bond acceptors (Lipinski definition) is 8. The maximum atomic E-state index is 13.3. The molecule has 1 aliphatic rings. The van der Waals surface area contributed by atoms with E-state index in [1.807, 2.05) is 29.2 Å². The molecule has 0 bridgehead atoms. The number of carbonyl (C=O) groups excluding carboxylic acids is 1. The van der Waals surface area contributed by atoms with Crippen molar-refractivity contribution in [2.45, 2.75) is 12.6 Å². The second-order valence-corrected chi connectivity index (χ2v) is 10.0. The van der Waals surface area contributed by atoms with Crippen LogP contribution in [0.4, 0.5) is 18.9 Å². The lowest BCUT2D eigenvalue weighted by atomic mass is 10.1. The monoisotopic (exact) mass is 584 g/mol. The van der Waals surface area contributed by atoms with Gasteiger partial charge in [0.05, 0.1) is 19.8 Å². The van der Waals surface area contributed by atoms with Crippen molar-refractivity contribution in [3.63, 3.8) is 0 Å². The first kappa shape index (κ1) is 28.2. The number of carbonyl (C=O) groups is 1. The van der Waals surface area contributed by atoms with E-state index in [4.69, 9.17) is 14.2 Å². The molecule has 2 heterocycles. The fraction of sp³-hybridized carbons (Fsp3) is 0.276. The molecular weight excluding hydrogens is 557 g/mol. The van der Waals surface area contributed by atoms with Crippen molar-refractivity contribution in [1.29, 1.82) is 0 Å². The molecule has 0 spiro atoms. The fourth-order valence-electron chi connectivity index (χ4n) is 4.53. The van der Waals surface area contributed by atoms with Crippen molar-refractivity contribution in [2.75, 3.05) is 45.3 Å². The van der Waals surface area contributed by atoms with Gasteiger partial charge in [0.2, 0.25) is 0 Å². The number of ether oxygens (including phenoxy) is 3. The Kier molecular flexibility index (Phi) is 8.29. The molecule has 0 aliphatic carbocycles. The van der Waals surface area contributed by atoms with Crippen molar-refractivity contribution in [2.24, 2.45) is 0 Å². The highest BCUT2D eigenvalue weighted by molar-refractivity contribution is 7.07. The molecule has 1 amide bonds. The molecule has 0 saturated carbocycles. The van der Waals surface area contributed by atoms with Crippen LogP contribution in [0.5, 0.6) is 22.4 Å². The predicted molar refractivity (Wildman–Crippen MR) is 148 cm³/mol. The summed E-state index contributed by atoms with van der Waals surface area (Å²) in [5, 5.41) is 0.306. The highest BCUT2D eigenvalue weighted by atomic mass is 32.1. The first-order valence-electron chi connectivity index (χ1n) is 12.8. The number of alkyl halides is 3. The van der Waals surface area contributed by atoms with Gasteiger partial charge < -0.3 is 24.0 Å². The molecule has 1 aliphatic heterocycles. The molecule has 3 aromatic carbocycles. The topological polar surface area (TPSA) is 77.0 Å². The number of rotatable bonds is 8. The predicted octanol–water partition coefficient (Wildman–Crippen LogP) is 5.92. The van der Waals surface area contributed by atoms with E-state index < -0.39 is 11.7 Å². The highest BCUT2D eigenvalue weighted by Gasteiger charge is 2.31. The molecule has 0 unspecified atom stereocenters. The average Bonchev–Trinajstić information content (AvgIpc) is 3.43. The summed E-state index contributed by atoms with van der Waals surface area (Å²) in [6.07, 6.45) is -3.91. The third-order valence-electron chi connectivity index (χ3n) is 6.66. The van der Waals surface area contributed by atoms with E-state index in [0.717, 1.165) is 35.0 Å². The number of hydrogen-bond donors (Lipinski definition) is 0. The highest BCUT2D eigenvalue weighted by Crippen LogP contribution is 2.35. The van der Waals surface area contributed by atoms with Crippen LogP contribution in [0.15, 0.2) is 66.7 Å². The van der Waals surface area contributed by atoms with Crippen LogP contribution in [0.3, 0.4) is 0 Å². The molecule has 1 fully saturated rings.